The fourth-order valence-electron chi connectivity index (χ4n) is 4.57. The summed E-state index contributed by atoms with van der Waals surface area (Å²) in [5.74, 6) is -0.192. The number of carbonyl (C=O) groups is 1. The zero-order chi connectivity index (χ0) is 20.6. The smallest absolute Gasteiger partial charge is 0.419 e. The Bertz CT molecular complexity index is 923. The van der Waals surface area contributed by atoms with Gasteiger partial charge in [-0.3, -0.25) is 0 Å². The molecule has 3 nitrogen and oxygen atoms in total. The number of fused-ring (bicyclic) bond motifs is 2. The maximum Gasteiger partial charge on any atom is 0.419 e. The number of rotatable bonds is 5. The van der Waals surface area contributed by atoms with Gasteiger partial charge in [-0.05, 0) is 68.0 Å². The molecule has 152 valence electrons. The number of hydrogen-bond donors (Lipinski definition) is 0. The number of para-hydroxylation sites is 1. The zero-order valence-corrected chi connectivity index (χ0v) is 15.7. The number of alkyl halides is 3. The molecular weight excluding hydrogens is 381 g/mol. The topological polar surface area (TPSA) is 35.5 Å². The van der Waals surface area contributed by atoms with Crippen LogP contribution >= 0.6 is 0 Å². The summed E-state index contributed by atoms with van der Waals surface area (Å²) in [5, 5.41) is 0. The van der Waals surface area contributed by atoms with Crippen LogP contribution in [0.3, 0.4) is 0 Å². The first kappa shape index (κ1) is 19.6. The summed E-state index contributed by atoms with van der Waals surface area (Å²) in [6.07, 6.45) is 0.594. The van der Waals surface area contributed by atoms with E-state index < -0.39 is 23.3 Å². The van der Waals surface area contributed by atoms with Crippen molar-refractivity contribution in [3.63, 3.8) is 0 Å². The predicted octanol–water partition coefficient (Wildman–Crippen LogP) is 6.05. The first-order valence-corrected chi connectivity index (χ1v) is 9.62. The molecule has 2 aromatic rings. The fourth-order valence-corrected chi connectivity index (χ4v) is 4.57. The van der Waals surface area contributed by atoms with Crippen molar-refractivity contribution in [2.75, 3.05) is 0 Å². The third-order valence-electron chi connectivity index (χ3n) is 5.96. The average Bonchev–Trinajstić information content (AvgIpc) is 3.29. The van der Waals surface area contributed by atoms with Crippen molar-refractivity contribution in [3.05, 3.63) is 72.3 Å². The number of ether oxygens (including phenoxy) is 2. The SMILES string of the molecule is C=CC1(Oc2cc(C(=O)Oc3ccccc3)ccc2C(F)(F)F)CC2CCC1C2. The van der Waals surface area contributed by atoms with Gasteiger partial charge in [-0.1, -0.05) is 24.8 Å². The molecule has 3 unspecified atom stereocenters. The third kappa shape index (κ3) is 3.76. The van der Waals surface area contributed by atoms with Crippen LogP contribution in [0.4, 0.5) is 13.2 Å². The molecule has 0 heterocycles. The van der Waals surface area contributed by atoms with Crippen LogP contribution in [0.15, 0.2) is 61.2 Å². The molecule has 0 aromatic heterocycles. The van der Waals surface area contributed by atoms with Gasteiger partial charge in [0.2, 0.25) is 0 Å². The first-order chi connectivity index (χ1) is 13.8. The minimum atomic E-state index is -4.60. The highest BCUT2D eigenvalue weighted by molar-refractivity contribution is 5.91. The van der Waals surface area contributed by atoms with Gasteiger partial charge in [0.1, 0.15) is 17.1 Å². The Morgan fingerprint density at radius 2 is 1.90 bits per heavy atom. The van der Waals surface area contributed by atoms with Gasteiger partial charge in [-0.25, -0.2) is 4.79 Å². The van der Waals surface area contributed by atoms with Gasteiger partial charge in [0, 0.05) is 5.92 Å². The Balaban J connectivity index is 1.66. The molecule has 0 amide bonds. The van der Waals surface area contributed by atoms with Crippen molar-refractivity contribution in [1.82, 2.24) is 0 Å². The molecule has 2 aliphatic carbocycles. The summed E-state index contributed by atoms with van der Waals surface area (Å²) in [4.78, 5) is 12.5. The van der Waals surface area contributed by atoms with E-state index in [2.05, 4.69) is 6.58 Å². The Morgan fingerprint density at radius 3 is 2.48 bits per heavy atom. The molecule has 0 aliphatic heterocycles. The van der Waals surface area contributed by atoms with Crippen LogP contribution in [0.1, 0.15) is 41.6 Å². The Morgan fingerprint density at radius 1 is 1.14 bits per heavy atom. The zero-order valence-electron chi connectivity index (χ0n) is 15.7. The molecule has 4 rings (SSSR count). The first-order valence-electron chi connectivity index (χ1n) is 9.62. The van der Waals surface area contributed by atoms with Crippen molar-refractivity contribution in [3.8, 4) is 11.5 Å². The van der Waals surface area contributed by atoms with E-state index in [0.717, 1.165) is 37.5 Å². The molecule has 0 N–H and O–H groups in total. The normalized spacial score (nSPS) is 25.6. The molecule has 2 aromatic carbocycles. The van der Waals surface area contributed by atoms with E-state index in [1.807, 2.05) is 0 Å². The van der Waals surface area contributed by atoms with E-state index in [4.69, 9.17) is 9.47 Å². The number of hydrogen-bond acceptors (Lipinski definition) is 3. The largest absolute Gasteiger partial charge is 0.482 e. The summed E-state index contributed by atoms with van der Waals surface area (Å²) in [5.41, 5.74) is -1.73. The van der Waals surface area contributed by atoms with Crippen LogP contribution in [-0.4, -0.2) is 11.6 Å². The van der Waals surface area contributed by atoms with E-state index in [0.29, 0.717) is 18.1 Å². The second-order valence-electron chi connectivity index (χ2n) is 7.75. The Labute approximate surface area is 167 Å². The molecule has 0 saturated heterocycles. The summed E-state index contributed by atoms with van der Waals surface area (Å²) < 4.78 is 52.0. The van der Waals surface area contributed by atoms with Crippen molar-refractivity contribution < 1.29 is 27.4 Å². The van der Waals surface area contributed by atoms with Gasteiger partial charge in [0.25, 0.3) is 0 Å². The summed E-state index contributed by atoms with van der Waals surface area (Å²) >= 11 is 0. The van der Waals surface area contributed by atoms with Crippen LogP contribution in [0.25, 0.3) is 0 Å². The second-order valence-corrected chi connectivity index (χ2v) is 7.75. The van der Waals surface area contributed by atoms with E-state index >= 15 is 0 Å². The lowest BCUT2D eigenvalue weighted by Gasteiger charge is -2.36. The lowest BCUT2D eigenvalue weighted by molar-refractivity contribution is -0.140. The monoisotopic (exact) mass is 402 g/mol. The summed E-state index contributed by atoms with van der Waals surface area (Å²) in [6, 6.07) is 11.5. The highest BCUT2D eigenvalue weighted by Gasteiger charge is 2.52. The van der Waals surface area contributed by atoms with E-state index in [1.54, 1.807) is 36.4 Å². The average molecular weight is 402 g/mol. The molecule has 29 heavy (non-hydrogen) atoms. The highest BCUT2D eigenvalue weighted by atomic mass is 19.4. The van der Waals surface area contributed by atoms with Crippen LogP contribution < -0.4 is 9.47 Å². The van der Waals surface area contributed by atoms with Crippen molar-refractivity contribution in [2.45, 2.75) is 37.5 Å². The van der Waals surface area contributed by atoms with Gasteiger partial charge >= 0.3 is 12.1 Å². The highest BCUT2D eigenvalue weighted by Crippen LogP contribution is 2.54. The molecule has 0 radical (unpaired) electrons. The van der Waals surface area contributed by atoms with Gasteiger partial charge in [0.05, 0.1) is 11.1 Å². The van der Waals surface area contributed by atoms with Crippen LogP contribution in [0, 0.1) is 11.8 Å². The minimum Gasteiger partial charge on any atom is -0.482 e. The van der Waals surface area contributed by atoms with Gasteiger partial charge in [-0.15, -0.1) is 0 Å². The molecule has 2 saturated carbocycles. The van der Waals surface area contributed by atoms with E-state index in [9.17, 15) is 18.0 Å². The van der Waals surface area contributed by atoms with Gasteiger partial charge in [-0.2, -0.15) is 13.2 Å². The fraction of sp³-hybridized carbons (Fsp3) is 0.348. The van der Waals surface area contributed by atoms with Gasteiger partial charge in [0.15, 0.2) is 0 Å². The lowest BCUT2D eigenvalue weighted by atomic mass is 9.84. The molecule has 6 heteroatoms. The van der Waals surface area contributed by atoms with Gasteiger partial charge < -0.3 is 9.47 Å². The van der Waals surface area contributed by atoms with Crippen LogP contribution in [0.5, 0.6) is 11.5 Å². The quantitative estimate of drug-likeness (QED) is 0.347. The summed E-state index contributed by atoms with van der Waals surface area (Å²) in [6.45, 7) is 3.84. The molecule has 2 bridgehead atoms. The number of carbonyl (C=O) groups excluding carboxylic acids is 1. The lowest BCUT2D eigenvalue weighted by Crippen LogP contribution is -2.39. The number of benzene rings is 2. The number of halogens is 3. The minimum absolute atomic E-state index is 0.000721. The maximum absolute atomic E-state index is 13.6. The number of esters is 1. The van der Waals surface area contributed by atoms with E-state index in [-0.39, 0.29) is 17.2 Å². The Kier molecular flexibility index (Phi) is 4.89. The van der Waals surface area contributed by atoms with Crippen LogP contribution in [-0.2, 0) is 6.18 Å². The molecule has 0 spiro atoms. The Hall–Kier alpha value is -2.76. The molecule has 2 aliphatic rings. The van der Waals surface area contributed by atoms with Crippen molar-refractivity contribution in [2.24, 2.45) is 11.8 Å². The molecular formula is C23H21F3O3. The predicted molar refractivity (Wildman–Crippen MR) is 102 cm³/mol. The standard InChI is InChI=1S/C23H21F3O3/c1-2-22(14-15-8-10-17(22)12-15)29-20-13-16(9-11-19(20)23(24,25)26)21(27)28-18-6-4-3-5-7-18/h2-7,9,11,13,15,17H,1,8,10,12,14H2. The van der Waals surface area contributed by atoms with E-state index in [1.165, 1.54) is 0 Å². The molecule has 3 atom stereocenters. The van der Waals surface area contributed by atoms with Crippen molar-refractivity contribution >= 4 is 5.97 Å². The molecule has 2 fully saturated rings. The van der Waals surface area contributed by atoms with Crippen LogP contribution in [0.2, 0.25) is 0 Å². The maximum atomic E-state index is 13.6. The van der Waals surface area contributed by atoms with Crippen molar-refractivity contribution in [1.29, 1.82) is 0 Å². The third-order valence-corrected chi connectivity index (χ3v) is 5.96. The second kappa shape index (κ2) is 7.25. The summed E-state index contributed by atoms with van der Waals surface area (Å²) in [7, 11) is 0.